The monoisotopic (exact) mass is 396 g/mol. The van der Waals surface area contributed by atoms with Crippen molar-refractivity contribution in [1.29, 1.82) is 0 Å². The Kier molecular flexibility index (Phi) is 6.96. The molecule has 0 saturated carbocycles. The molecular weight excluding hydrogens is 372 g/mol. The van der Waals surface area contributed by atoms with Gasteiger partial charge >= 0.3 is 0 Å². The maximum Gasteiger partial charge on any atom is 0.243 e. The Morgan fingerprint density at radius 1 is 1.12 bits per heavy atom. The number of nitrogens with zero attached hydrogens (tertiary/aromatic N) is 4. The van der Waals surface area contributed by atoms with E-state index in [2.05, 4.69) is 10.2 Å². The summed E-state index contributed by atoms with van der Waals surface area (Å²) in [7, 11) is -3.48. The van der Waals surface area contributed by atoms with Crippen molar-refractivity contribution in [2.75, 3.05) is 18.8 Å². The molecule has 0 spiro atoms. The number of hydrogen-bond acceptors (Lipinski definition) is 6. The summed E-state index contributed by atoms with van der Waals surface area (Å²) in [6.07, 6.45) is 0. The second-order valence-electron chi connectivity index (χ2n) is 5.65. The Morgan fingerprint density at radius 2 is 1.73 bits per heavy atom. The van der Waals surface area contributed by atoms with Gasteiger partial charge in [-0.15, -0.1) is 10.2 Å². The molecule has 1 aromatic heterocycles. The lowest BCUT2D eigenvalue weighted by atomic mass is 10.2. The first kappa shape index (κ1) is 20.6. The molecular formula is C17H24N4O3S2. The van der Waals surface area contributed by atoms with Crippen LogP contribution in [0.4, 0.5) is 0 Å². The largest absolute Gasteiger partial charge is 0.302 e. The van der Waals surface area contributed by atoms with Crippen molar-refractivity contribution in [2.24, 2.45) is 0 Å². The van der Waals surface area contributed by atoms with Gasteiger partial charge in [-0.25, -0.2) is 8.42 Å². The van der Waals surface area contributed by atoms with Gasteiger partial charge in [0.15, 0.2) is 11.0 Å². The minimum absolute atomic E-state index is 0.0770. The van der Waals surface area contributed by atoms with Gasteiger partial charge in [-0.3, -0.25) is 4.79 Å². The van der Waals surface area contributed by atoms with Gasteiger partial charge in [-0.1, -0.05) is 25.6 Å². The third-order valence-corrected chi connectivity index (χ3v) is 7.07. The third kappa shape index (κ3) is 4.33. The van der Waals surface area contributed by atoms with Crippen molar-refractivity contribution in [1.82, 2.24) is 19.1 Å². The van der Waals surface area contributed by atoms with Crippen LogP contribution in [-0.2, 0) is 21.4 Å². The van der Waals surface area contributed by atoms with E-state index >= 15 is 0 Å². The molecule has 9 heteroatoms. The zero-order valence-electron chi connectivity index (χ0n) is 15.5. The first-order chi connectivity index (χ1) is 12.3. The molecule has 0 aliphatic rings. The SMILES string of the molecule is CCN(CC)S(=O)(=O)c1ccc(-c2nnc(SCC(C)=O)n2CC)cc1. The molecule has 0 amide bonds. The number of benzene rings is 1. The summed E-state index contributed by atoms with van der Waals surface area (Å²) >= 11 is 1.35. The molecule has 7 nitrogen and oxygen atoms in total. The van der Waals surface area contributed by atoms with E-state index in [1.54, 1.807) is 24.3 Å². The molecule has 0 saturated heterocycles. The van der Waals surface area contributed by atoms with Gasteiger partial charge in [0, 0.05) is 25.2 Å². The van der Waals surface area contributed by atoms with Crippen molar-refractivity contribution in [3.8, 4) is 11.4 Å². The predicted molar refractivity (Wildman–Crippen MR) is 103 cm³/mol. The summed E-state index contributed by atoms with van der Waals surface area (Å²) in [6.45, 7) is 8.67. The number of Topliss-reactive ketones (excluding diaryl/α,β-unsaturated/α-hetero) is 1. The van der Waals surface area contributed by atoms with E-state index in [0.29, 0.717) is 36.4 Å². The maximum atomic E-state index is 12.6. The Balaban J connectivity index is 2.33. The number of ketones is 1. The van der Waals surface area contributed by atoms with E-state index < -0.39 is 10.0 Å². The average molecular weight is 397 g/mol. The molecule has 0 radical (unpaired) electrons. The van der Waals surface area contributed by atoms with Crippen LogP contribution in [0.3, 0.4) is 0 Å². The van der Waals surface area contributed by atoms with E-state index in [1.165, 1.54) is 23.0 Å². The third-order valence-electron chi connectivity index (χ3n) is 3.89. The zero-order valence-corrected chi connectivity index (χ0v) is 17.1. The van der Waals surface area contributed by atoms with Gasteiger partial charge in [0.25, 0.3) is 0 Å². The number of rotatable bonds is 9. The topological polar surface area (TPSA) is 85.2 Å². The fourth-order valence-electron chi connectivity index (χ4n) is 2.55. The van der Waals surface area contributed by atoms with Crippen LogP contribution in [0.15, 0.2) is 34.3 Å². The van der Waals surface area contributed by atoms with E-state index in [0.717, 1.165) is 5.56 Å². The fourth-order valence-corrected chi connectivity index (χ4v) is 4.81. The second-order valence-corrected chi connectivity index (χ2v) is 8.54. The van der Waals surface area contributed by atoms with Crippen molar-refractivity contribution >= 4 is 27.6 Å². The first-order valence-corrected chi connectivity index (χ1v) is 10.9. The van der Waals surface area contributed by atoms with Crippen LogP contribution in [0.25, 0.3) is 11.4 Å². The van der Waals surface area contributed by atoms with Crippen molar-refractivity contribution in [3.05, 3.63) is 24.3 Å². The highest BCUT2D eigenvalue weighted by atomic mass is 32.2. The summed E-state index contributed by atoms with van der Waals surface area (Å²) in [5.74, 6) is 1.08. The number of aromatic nitrogens is 3. The van der Waals surface area contributed by atoms with E-state index in [4.69, 9.17) is 0 Å². The van der Waals surface area contributed by atoms with Gasteiger partial charge in [-0.05, 0) is 38.1 Å². The van der Waals surface area contributed by atoms with Crippen molar-refractivity contribution in [3.63, 3.8) is 0 Å². The lowest BCUT2D eigenvalue weighted by Crippen LogP contribution is -2.30. The molecule has 142 valence electrons. The molecule has 26 heavy (non-hydrogen) atoms. The van der Waals surface area contributed by atoms with Crippen LogP contribution in [0, 0.1) is 0 Å². The Morgan fingerprint density at radius 3 is 2.23 bits per heavy atom. The molecule has 1 heterocycles. The van der Waals surface area contributed by atoms with Crippen LogP contribution in [-0.4, -0.2) is 52.1 Å². The number of carbonyl (C=O) groups is 1. The van der Waals surface area contributed by atoms with Crippen LogP contribution >= 0.6 is 11.8 Å². The second kappa shape index (κ2) is 8.79. The molecule has 0 atom stereocenters. The smallest absolute Gasteiger partial charge is 0.243 e. The number of hydrogen-bond donors (Lipinski definition) is 0. The van der Waals surface area contributed by atoms with Gasteiger partial charge in [0.05, 0.1) is 10.6 Å². The Labute approximate surface area is 158 Å². The van der Waals surface area contributed by atoms with E-state index in [9.17, 15) is 13.2 Å². The Bertz CT molecular complexity index is 857. The summed E-state index contributed by atoms with van der Waals surface area (Å²) < 4.78 is 28.5. The molecule has 0 N–H and O–H groups in total. The molecule has 2 aromatic rings. The minimum atomic E-state index is -3.48. The zero-order chi connectivity index (χ0) is 19.3. The molecule has 2 rings (SSSR count). The first-order valence-electron chi connectivity index (χ1n) is 8.51. The van der Waals surface area contributed by atoms with Crippen molar-refractivity contribution < 1.29 is 13.2 Å². The van der Waals surface area contributed by atoms with Crippen molar-refractivity contribution in [2.45, 2.75) is 44.3 Å². The lowest BCUT2D eigenvalue weighted by molar-refractivity contribution is -0.114. The lowest BCUT2D eigenvalue weighted by Gasteiger charge is -2.18. The number of carbonyl (C=O) groups excluding carboxylic acids is 1. The summed E-state index contributed by atoms with van der Waals surface area (Å²) in [4.78, 5) is 11.5. The van der Waals surface area contributed by atoms with Crippen LogP contribution < -0.4 is 0 Å². The normalized spacial score (nSPS) is 11.9. The molecule has 0 aliphatic carbocycles. The van der Waals surface area contributed by atoms with E-state index in [1.807, 2.05) is 25.3 Å². The van der Waals surface area contributed by atoms with E-state index in [-0.39, 0.29) is 10.7 Å². The summed E-state index contributed by atoms with van der Waals surface area (Å²) in [5, 5.41) is 9.05. The van der Waals surface area contributed by atoms with Gasteiger partial charge in [0.1, 0.15) is 5.78 Å². The van der Waals surface area contributed by atoms with Gasteiger partial charge in [-0.2, -0.15) is 4.31 Å². The average Bonchev–Trinajstić information content (AvgIpc) is 3.03. The quantitative estimate of drug-likeness (QED) is 0.606. The molecule has 1 aromatic carbocycles. The van der Waals surface area contributed by atoms with Crippen LogP contribution in [0.2, 0.25) is 0 Å². The Hall–Kier alpha value is -1.71. The molecule has 0 aliphatic heterocycles. The summed E-state index contributed by atoms with van der Waals surface area (Å²) in [6, 6.07) is 6.68. The van der Waals surface area contributed by atoms with Gasteiger partial charge < -0.3 is 4.57 Å². The van der Waals surface area contributed by atoms with Crippen LogP contribution in [0.5, 0.6) is 0 Å². The molecule has 0 bridgehead atoms. The number of thioether (sulfide) groups is 1. The molecule has 0 fully saturated rings. The minimum Gasteiger partial charge on any atom is -0.302 e. The fraction of sp³-hybridized carbons (Fsp3) is 0.471. The highest BCUT2D eigenvalue weighted by molar-refractivity contribution is 7.99. The standard InChI is InChI=1S/C17H24N4O3S2/c1-5-20(6-2)26(23,24)15-10-8-14(9-11-15)16-18-19-17(21(16)7-3)25-12-13(4)22/h8-11H,5-7,12H2,1-4H3. The maximum absolute atomic E-state index is 12.6. The number of sulfonamides is 1. The van der Waals surface area contributed by atoms with Crippen LogP contribution in [0.1, 0.15) is 27.7 Å². The highest BCUT2D eigenvalue weighted by Gasteiger charge is 2.22. The predicted octanol–water partition coefficient (Wildman–Crippen LogP) is 2.68. The van der Waals surface area contributed by atoms with Gasteiger partial charge in [0.2, 0.25) is 10.0 Å². The molecule has 0 unspecified atom stereocenters. The summed E-state index contributed by atoms with van der Waals surface area (Å²) in [5.41, 5.74) is 0.785. The highest BCUT2D eigenvalue weighted by Crippen LogP contribution is 2.25.